The highest BCUT2D eigenvalue weighted by molar-refractivity contribution is 5.85. The quantitative estimate of drug-likeness (QED) is 0.807. The van der Waals surface area contributed by atoms with Crippen LogP contribution in [0.25, 0.3) is 0 Å². The van der Waals surface area contributed by atoms with Crippen LogP contribution in [0.15, 0.2) is 0 Å². The van der Waals surface area contributed by atoms with Gasteiger partial charge in [-0.3, -0.25) is 4.79 Å². The van der Waals surface area contributed by atoms with Gasteiger partial charge in [-0.25, -0.2) is 0 Å². The van der Waals surface area contributed by atoms with E-state index in [1.54, 1.807) is 0 Å². The number of nitrogens with zero attached hydrogens (tertiary/aromatic N) is 1. The van der Waals surface area contributed by atoms with E-state index in [0.29, 0.717) is 17.2 Å². The van der Waals surface area contributed by atoms with Gasteiger partial charge in [-0.1, -0.05) is 26.7 Å². The highest BCUT2D eigenvalue weighted by Crippen LogP contribution is 2.46. The Hall–Kier alpha value is -0.280. The van der Waals surface area contributed by atoms with Crippen LogP contribution in [0.5, 0.6) is 0 Å². The number of hydrogen-bond acceptors (Lipinski definition) is 2. The third-order valence-corrected chi connectivity index (χ3v) is 5.65. The Morgan fingerprint density at radius 1 is 1.20 bits per heavy atom. The van der Waals surface area contributed by atoms with Crippen LogP contribution >= 0.6 is 12.4 Å². The molecule has 2 saturated heterocycles. The van der Waals surface area contributed by atoms with Crippen LogP contribution in [0.4, 0.5) is 0 Å². The van der Waals surface area contributed by atoms with Crippen LogP contribution < -0.4 is 5.32 Å². The maximum atomic E-state index is 13.1. The average molecular weight is 301 g/mol. The Morgan fingerprint density at radius 3 is 2.75 bits per heavy atom. The number of carbonyl (C=O) groups is 1. The molecule has 0 radical (unpaired) electrons. The van der Waals surface area contributed by atoms with Crippen molar-refractivity contribution < 1.29 is 4.79 Å². The molecule has 3 fully saturated rings. The monoisotopic (exact) mass is 300 g/mol. The fourth-order valence-electron chi connectivity index (χ4n) is 4.58. The topological polar surface area (TPSA) is 32.3 Å². The summed E-state index contributed by atoms with van der Waals surface area (Å²) in [6, 6.07) is 0. The molecule has 3 rings (SSSR count). The van der Waals surface area contributed by atoms with Crippen molar-refractivity contribution in [3.8, 4) is 0 Å². The Labute approximate surface area is 129 Å². The maximum absolute atomic E-state index is 13.1. The first-order valence-corrected chi connectivity index (χ1v) is 8.04. The molecule has 2 atom stereocenters. The molecule has 0 aromatic carbocycles. The standard InChI is InChI=1S/C16H28N2O.ClH/c1-15(2)7-5-9-18(12-15)14(19)16-8-4-3-6-13(16)10-17-11-16;/h13,17H,3-12H2,1-2H3;1H/t13-,16+;/m0./s1. The largest absolute Gasteiger partial charge is 0.342 e. The van der Waals surface area contributed by atoms with Gasteiger partial charge >= 0.3 is 0 Å². The summed E-state index contributed by atoms with van der Waals surface area (Å²) in [5, 5.41) is 3.50. The second-order valence-electron chi connectivity index (χ2n) is 7.72. The first-order chi connectivity index (χ1) is 9.04. The van der Waals surface area contributed by atoms with Gasteiger partial charge in [0.1, 0.15) is 0 Å². The molecule has 20 heavy (non-hydrogen) atoms. The van der Waals surface area contributed by atoms with Crippen LogP contribution in [0.3, 0.4) is 0 Å². The summed E-state index contributed by atoms with van der Waals surface area (Å²) < 4.78 is 0. The Kier molecular flexibility index (Phi) is 4.70. The number of halogens is 1. The molecule has 116 valence electrons. The molecular formula is C16H29ClN2O. The fraction of sp³-hybridized carbons (Fsp3) is 0.938. The van der Waals surface area contributed by atoms with Crippen molar-refractivity contribution in [2.75, 3.05) is 26.2 Å². The number of likely N-dealkylation sites (tertiary alicyclic amines) is 1. The van der Waals surface area contributed by atoms with Crippen molar-refractivity contribution >= 4 is 18.3 Å². The number of amides is 1. The summed E-state index contributed by atoms with van der Waals surface area (Å²) in [5.74, 6) is 1.06. The summed E-state index contributed by atoms with van der Waals surface area (Å²) in [6.45, 7) is 8.53. The third kappa shape index (κ3) is 2.71. The van der Waals surface area contributed by atoms with E-state index >= 15 is 0 Å². The molecule has 0 aromatic rings. The van der Waals surface area contributed by atoms with E-state index in [0.717, 1.165) is 32.6 Å². The average Bonchev–Trinajstić information content (AvgIpc) is 2.81. The lowest BCUT2D eigenvalue weighted by Gasteiger charge is -2.45. The van der Waals surface area contributed by atoms with E-state index in [9.17, 15) is 4.79 Å². The summed E-state index contributed by atoms with van der Waals surface area (Å²) >= 11 is 0. The van der Waals surface area contributed by atoms with E-state index in [1.165, 1.54) is 32.1 Å². The lowest BCUT2D eigenvalue weighted by molar-refractivity contribution is -0.148. The number of fused-ring (bicyclic) bond motifs is 1. The SMILES string of the molecule is CC1(C)CCCN(C(=O)[C@@]23CCCC[C@H]2CNC3)C1.Cl. The van der Waals surface area contributed by atoms with Crippen molar-refractivity contribution in [3.05, 3.63) is 0 Å². The molecule has 1 saturated carbocycles. The minimum Gasteiger partial charge on any atom is -0.342 e. The van der Waals surface area contributed by atoms with Gasteiger partial charge in [0.25, 0.3) is 0 Å². The van der Waals surface area contributed by atoms with Crippen LogP contribution in [-0.2, 0) is 4.79 Å². The van der Waals surface area contributed by atoms with Gasteiger partial charge in [-0.05, 0) is 43.6 Å². The van der Waals surface area contributed by atoms with Crippen LogP contribution in [-0.4, -0.2) is 37.0 Å². The predicted molar refractivity (Wildman–Crippen MR) is 84.1 cm³/mol. The van der Waals surface area contributed by atoms with Gasteiger partial charge in [0.15, 0.2) is 0 Å². The van der Waals surface area contributed by atoms with E-state index in [1.807, 2.05) is 0 Å². The van der Waals surface area contributed by atoms with Gasteiger partial charge < -0.3 is 10.2 Å². The molecule has 0 spiro atoms. The highest BCUT2D eigenvalue weighted by atomic mass is 35.5. The number of hydrogen-bond donors (Lipinski definition) is 1. The third-order valence-electron chi connectivity index (χ3n) is 5.65. The molecule has 2 heterocycles. The van der Waals surface area contributed by atoms with Crippen molar-refractivity contribution in [2.24, 2.45) is 16.7 Å². The molecule has 1 N–H and O–H groups in total. The van der Waals surface area contributed by atoms with Gasteiger partial charge in [0.05, 0.1) is 5.41 Å². The molecule has 0 bridgehead atoms. The van der Waals surface area contributed by atoms with Crippen molar-refractivity contribution in [1.82, 2.24) is 10.2 Å². The van der Waals surface area contributed by atoms with E-state index < -0.39 is 0 Å². The van der Waals surface area contributed by atoms with Crippen molar-refractivity contribution in [2.45, 2.75) is 52.4 Å². The molecule has 1 amide bonds. The van der Waals surface area contributed by atoms with Gasteiger partial charge in [0, 0.05) is 19.6 Å². The number of nitrogens with one attached hydrogen (secondary N) is 1. The first-order valence-electron chi connectivity index (χ1n) is 8.04. The Bertz CT molecular complexity index is 371. The summed E-state index contributed by atoms with van der Waals surface area (Å²) in [4.78, 5) is 15.3. The van der Waals surface area contributed by atoms with Crippen molar-refractivity contribution in [3.63, 3.8) is 0 Å². The molecule has 2 aliphatic heterocycles. The Balaban J connectivity index is 0.00000147. The van der Waals surface area contributed by atoms with Gasteiger partial charge in [0.2, 0.25) is 5.91 Å². The molecule has 0 unspecified atom stereocenters. The first kappa shape index (κ1) is 16.1. The molecule has 0 aromatic heterocycles. The number of rotatable bonds is 1. The minimum absolute atomic E-state index is 0. The van der Waals surface area contributed by atoms with Crippen molar-refractivity contribution in [1.29, 1.82) is 0 Å². The number of piperidine rings is 1. The zero-order valence-electron chi connectivity index (χ0n) is 12.9. The molecule has 3 aliphatic rings. The number of carbonyl (C=O) groups excluding carboxylic acids is 1. The maximum Gasteiger partial charge on any atom is 0.230 e. The second-order valence-corrected chi connectivity index (χ2v) is 7.72. The fourth-order valence-corrected chi connectivity index (χ4v) is 4.58. The summed E-state index contributed by atoms with van der Waals surface area (Å²) in [5.41, 5.74) is 0.256. The lowest BCUT2D eigenvalue weighted by atomic mass is 9.67. The predicted octanol–water partition coefficient (Wildman–Crippen LogP) is 2.84. The highest BCUT2D eigenvalue weighted by Gasteiger charge is 2.52. The van der Waals surface area contributed by atoms with E-state index in [2.05, 4.69) is 24.1 Å². The Morgan fingerprint density at radius 2 is 2.00 bits per heavy atom. The summed E-state index contributed by atoms with van der Waals surface area (Å²) in [6.07, 6.45) is 7.34. The smallest absolute Gasteiger partial charge is 0.230 e. The van der Waals surface area contributed by atoms with Crippen LogP contribution in [0.1, 0.15) is 52.4 Å². The van der Waals surface area contributed by atoms with E-state index in [-0.39, 0.29) is 17.8 Å². The zero-order chi connectivity index (χ0) is 13.5. The normalized spacial score (nSPS) is 36.1. The summed E-state index contributed by atoms with van der Waals surface area (Å²) in [7, 11) is 0. The lowest BCUT2D eigenvalue weighted by Crippen LogP contribution is -2.53. The second kappa shape index (κ2) is 5.84. The molecule has 3 nitrogen and oxygen atoms in total. The molecule has 4 heteroatoms. The minimum atomic E-state index is -0.0499. The molecular weight excluding hydrogens is 272 g/mol. The molecule has 1 aliphatic carbocycles. The zero-order valence-corrected chi connectivity index (χ0v) is 13.7. The van der Waals surface area contributed by atoms with E-state index in [4.69, 9.17) is 0 Å². The van der Waals surface area contributed by atoms with Gasteiger partial charge in [-0.2, -0.15) is 0 Å². The van der Waals surface area contributed by atoms with Gasteiger partial charge in [-0.15, -0.1) is 12.4 Å². The van der Waals surface area contributed by atoms with Crippen LogP contribution in [0.2, 0.25) is 0 Å². The van der Waals surface area contributed by atoms with Crippen LogP contribution in [0, 0.1) is 16.7 Å².